The predicted octanol–water partition coefficient (Wildman–Crippen LogP) is 4.62. The van der Waals surface area contributed by atoms with Crippen molar-refractivity contribution in [2.45, 2.75) is 19.9 Å². The van der Waals surface area contributed by atoms with Crippen LogP contribution in [0.15, 0.2) is 75.7 Å². The summed E-state index contributed by atoms with van der Waals surface area (Å²) in [7, 11) is 3.20. The summed E-state index contributed by atoms with van der Waals surface area (Å²) in [5.74, 6) is 0.772. The van der Waals surface area contributed by atoms with Crippen LogP contribution >= 0.6 is 22.9 Å². The molecule has 38 heavy (non-hydrogen) atoms. The molecule has 1 atom stereocenters. The zero-order chi connectivity index (χ0) is 27.0. The van der Waals surface area contributed by atoms with E-state index < -0.39 is 12.0 Å². The number of methoxy groups -OCH3 is 2. The second kappa shape index (κ2) is 10.5. The SMILES string of the molecule is CCOC(=O)C1=C(C)N=c2s/c(=C/c3c(OC)ccc4ccc(OC)cc34)c(=O)n2[C@H]1c1ccccc1Cl. The van der Waals surface area contributed by atoms with Crippen molar-refractivity contribution in [3.8, 4) is 11.5 Å². The molecule has 0 unspecified atom stereocenters. The maximum atomic E-state index is 14.0. The monoisotopic (exact) mass is 548 g/mol. The zero-order valence-corrected chi connectivity index (χ0v) is 22.9. The number of hydrogen-bond acceptors (Lipinski definition) is 7. The number of carbonyl (C=O) groups excluding carboxylic acids is 1. The molecule has 3 aromatic carbocycles. The highest BCUT2D eigenvalue weighted by Crippen LogP contribution is 2.35. The summed E-state index contributed by atoms with van der Waals surface area (Å²) >= 11 is 7.83. The summed E-state index contributed by atoms with van der Waals surface area (Å²) in [5.41, 5.74) is 1.83. The molecule has 0 bridgehead atoms. The largest absolute Gasteiger partial charge is 0.497 e. The van der Waals surface area contributed by atoms with Crippen molar-refractivity contribution >= 4 is 45.8 Å². The van der Waals surface area contributed by atoms with Crippen molar-refractivity contribution in [2.75, 3.05) is 20.8 Å². The average Bonchev–Trinajstić information content (AvgIpc) is 3.22. The van der Waals surface area contributed by atoms with Crippen molar-refractivity contribution < 1.29 is 19.0 Å². The Balaban J connectivity index is 1.80. The van der Waals surface area contributed by atoms with Gasteiger partial charge in [-0.3, -0.25) is 9.36 Å². The van der Waals surface area contributed by atoms with Crippen molar-refractivity contribution in [3.05, 3.63) is 102 Å². The van der Waals surface area contributed by atoms with E-state index >= 15 is 0 Å². The summed E-state index contributed by atoms with van der Waals surface area (Å²) in [6.45, 7) is 3.67. The number of rotatable bonds is 6. The van der Waals surface area contributed by atoms with Crippen LogP contribution in [0.1, 0.15) is 31.0 Å². The molecule has 2 heterocycles. The van der Waals surface area contributed by atoms with Gasteiger partial charge in [0.1, 0.15) is 17.5 Å². The number of carbonyl (C=O) groups is 1. The number of halogens is 1. The van der Waals surface area contributed by atoms with Crippen LogP contribution in [-0.2, 0) is 9.53 Å². The van der Waals surface area contributed by atoms with Gasteiger partial charge in [-0.15, -0.1) is 0 Å². The molecule has 7 nitrogen and oxygen atoms in total. The first kappa shape index (κ1) is 25.8. The lowest BCUT2D eigenvalue weighted by atomic mass is 9.96. The molecule has 0 saturated heterocycles. The quantitative estimate of drug-likeness (QED) is 0.328. The number of thiazole rings is 1. The van der Waals surface area contributed by atoms with E-state index in [0.717, 1.165) is 16.3 Å². The molecular weight excluding hydrogens is 524 g/mol. The van der Waals surface area contributed by atoms with E-state index in [0.29, 0.717) is 37.1 Å². The molecule has 0 spiro atoms. The van der Waals surface area contributed by atoms with Crippen molar-refractivity contribution in [3.63, 3.8) is 0 Å². The molecule has 0 saturated carbocycles. The van der Waals surface area contributed by atoms with Crippen LogP contribution < -0.4 is 24.4 Å². The number of esters is 1. The summed E-state index contributed by atoms with van der Waals surface area (Å²) in [6.07, 6.45) is 1.80. The van der Waals surface area contributed by atoms with E-state index in [1.165, 1.54) is 15.9 Å². The third kappa shape index (κ3) is 4.40. The summed E-state index contributed by atoms with van der Waals surface area (Å²) in [5, 5.41) is 2.28. The second-order valence-corrected chi connectivity index (χ2v) is 10.0. The van der Waals surface area contributed by atoms with E-state index in [1.54, 1.807) is 46.3 Å². The normalized spacial score (nSPS) is 15.3. The fourth-order valence-electron chi connectivity index (χ4n) is 4.67. The standard InChI is InChI=1S/C29H25ClN2O5S/c1-5-37-28(34)25-16(2)31-29-32(26(25)19-8-6-7-9-22(19)30)27(33)24(38-29)15-21-20-14-18(35-3)12-10-17(20)11-13-23(21)36-4/h6-15,26H,5H2,1-4H3/b24-15+/t26-/m0/s1. The molecule has 194 valence electrons. The Hall–Kier alpha value is -3.88. The number of allylic oxidation sites excluding steroid dienone is 1. The number of nitrogens with zero attached hydrogens (tertiary/aromatic N) is 2. The fourth-order valence-corrected chi connectivity index (χ4v) is 5.94. The van der Waals surface area contributed by atoms with Crippen LogP contribution in [0.5, 0.6) is 11.5 Å². The Morgan fingerprint density at radius 1 is 1.13 bits per heavy atom. The molecule has 0 fully saturated rings. The number of aromatic nitrogens is 1. The van der Waals surface area contributed by atoms with Gasteiger partial charge in [0.25, 0.3) is 5.56 Å². The van der Waals surface area contributed by atoms with E-state index in [9.17, 15) is 9.59 Å². The molecule has 1 aliphatic heterocycles. The molecule has 5 rings (SSSR count). The van der Waals surface area contributed by atoms with Crippen molar-refractivity contribution in [1.29, 1.82) is 0 Å². The predicted molar refractivity (Wildman–Crippen MR) is 149 cm³/mol. The molecule has 4 aromatic rings. The molecule has 1 aliphatic rings. The van der Waals surface area contributed by atoms with Gasteiger partial charge in [0.05, 0.1) is 36.6 Å². The molecule has 0 amide bonds. The van der Waals surface area contributed by atoms with Gasteiger partial charge < -0.3 is 14.2 Å². The van der Waals surface area contributed by atoms with Crippen molar-refractivity contribution in [1.82, 2.24) is 4.57 Å². The molecular formula is C29H25ClN2O5S. The van der Waals surface area contributed by atoms with Crippen LogP contribution in [0, 0.1) is 0 Å². The lowest BCUT2D eigenvalue weighted by Crippen LogP contribution is -2.40. The smallest absolute Gasteiger partial charge is 0.338 e. The Labute approximate surface area is 227 Å². The van der Waals surface area contributed by atoms with Crippen LogP contribution in [0.3, 0.4) is 0 Å². The van der Waals surface area contributed by atoms with Gasteiger partial charge in [0, 0.05) is 10.6 Å². The topological polar surface area (TPSA) is 79.1 Å². The van der Waals surface area contributed by atoms with E-state index in [-0.39, 0.29) is 17.7 Å². The minimum atomic E-state index is -0.782. The Morgan fingerprint density at radius 2 is 1.89 bits per heavy atom. The second-order valence-electron chi connectivity index (χ2n) is 8.59. The number of hydrogen-bond donors (Lipinski definition) is 0. The van der Waals surface area contributed by atoms with Crippen LogP contribution in [0.25, 0.3) is 16.8 Å². The molecule has 9 heteroatoms. The molecule has 0 aliphatic carbocycles. The van der Waals surface area contributed by atoms with Gasteiger partial charge in [-0.05, 0) is 60.5 Å². The Morgan fingerprint density at radius 3 is 2.61 bits per heavy atom. The summed E-state index contributed by atoms with van der Waals surface area (Å²) in [4.78, 5) is 32.2. The Kier molecular flexibility index (Phi) is 7.10. The van der Waals surface area contributed by atoms with E-state index in [4.69, 9.17) is 25.8 Å². The van der Waals surface area contributed by atoms with Gasteiger partial charge in [-0.25, -0.2) is 9.79 Å². The van der Waals surface area contributed by atoms with Crippen LogP contribution in [0.2, 0.25) is 5.02 Å². The maximum absolute atomic E-state index is 14.0. The molecule has 0 N–H and O–H groups in total. The lowest BCUT2D eigenvalue weighted by molar-refractivity contribution is -0.139. The summed E-state index contributed by atoms with van der Waals surface area (Å²) in [6, 6.07) is 16.0. The van der Waals surface area contributed by atoms with Gasteiger partial charge in [-0.1, -0.05) is 53.3 Å². The third-order valence-corrected chi connectivity index (χ3v) is 7.77. The first-order chi connectivity index (χ1) is 18.4. The lowest BCUT2D eigenvalue weighted by Gasteiger charge is -2.25. The average molecular weight is 549 g/mol. The van der Waals surface area contributed by atoms with Gasteiger partial charge in [0.2, 0.25) is 0 Å². The first-order valence-corrected chi connectivity index (χ1v) is 13.2. The van der Waals surface area contributed by atoms with E-state index in [1.807, 2.05) is 42.5 Å². The first-order valence-electron chi connectivity index (χ1n) is 12.0. The molecule has 0 radical (unpaired) electrons. The number of ether oxygens (including phenoxy) is 3. The number of fused-ring (bicyclic) bond motifs is 2. The van der Waals surface area contributed by atoms with E-state index in [2.05, 4.69) is 4.99 Å². The zero-order valence-electron chi connectivity index (χ0n) is 21.3. The van der Waals surface area contributed by atoms with Crippen LogP contribution in [0.4, 0.5) is 0 Å². The molecule has 1 aromatic heterocycles. The van der Waals surface area contributed by atoms with Gasteiger partial charge >= 0.3 is 5.97 Å². The van der Waals surface area contributed by atoms with Gasteiger partial charge in [0.15, 0.2) is 4.80 Å². The fraction of sp³-hybridized carbons (Fsp3) is 0.207. The summed E-state index contributed by atoms with van der Waals surface area (Å²) < 4.78 is 18.4. The third-order valence-electron chi connectivity index (χ3n) is 6.44. The minimum Gasteiger partial charge on any atom is -0.497 e. The highest BCUT2D eigenvalue weighted by atomic mass is 35.5. The maximum Gasteiger partial charge on any atom is 0.338 e. The Bertz CT molecular complexity index is 1780. The minimum absolute atomic E-state index is 0.194. The van der Waals surface area contributed by atoms with Crippen molar-refractivity contribution in [2.24, 2.45) is 4.99 Å². The highest BCUT2D eigenvalue weighted by molar-refractivity contribution is 7.07. The number of benzene rings is 3. The highest BCUT2D eigenvalue weighted by Gasteiger charge is 2.34. The van der Waals surface area contributed by atoms with Gasteiger partial charge in [-0.2, -0.15) is 0 Å². The van der Waals surface area contributed by atoms with Crippen LogP contribution in [-0.4, -0.2) is 31.4 Å².